The van der Waals surface area contributed by atoms with Crippen molar-refractivity contribution in [3.05, 3.63) is 23.8 Å². The predicted octanol–water partition coefficient (Wildman–Crippen LogP) is 2.45. The Morgan fingerprint density at radius 3 is 2.42 bits per heavy atom. The number of amides is 2. The fourth-order valence-electron chi connectivity index (χ4n) is 3.92. The molecule has 1 aliphatic rings. The third-order valence-corrected chi connectivity index (χ3v) is 5.86. The van der Waals surface area contributed by atoms with Crippen molar-refractivity contribution >= 4 is 35.9 Å². The van der Waals surface area contributed by atoms with Crippen LogP contribution in [0, 0.1) is 5.92 Å². The van der Waals surface area contributed by atoms with Crippen LogP contribution in [-0.2, 0) is 33.4 Å². The Bertz CT molecular complexity index is 965. The highest BCUT2D eigenvalue weighted by Gasteiger charge is 2.43. The summed E-state index contributed by atoms with van der Waals surface area (Å²) in [5, 5.41) is 15.0. The van der Waals surface area contributed by atoms with Gasteiger partial charge in [-0.25, -0.2) is 4.79 Å². The molecule has 198 valence electrons. The van der Waals surface area contributed by atoms with E-state index < -0.39 is 59.8 Å². The average molecular weight is 507 g/mol. The van der Waals surface area contributed by atoms with Gasteiger partial charge in [0.15, 0.2) is 17.9 Å². The van der Waals surface area contributed by atoms with E-state index in [2.05, 4.69) is 10.6 Å². The number of esters is 3. The van der Waals surface area contributed by atoms with Gasteiger partial charge in [-0.3, -0.25) is 19.2 Å². The zero-order valence-electron chi connectivity index (χ0n) is 20.9. The van der Waals surface area contributed by atoms with Crippen molar-refractivity contribution in [3.8, 4) is 5.75 Å². The molecular weight excluding hydrogens is 472 g/mol. The number of unbranched alkanes of at least 4 members (excludes halogenated alkanes) is 1. The van der Waals surface area contributed by atoms with Gasteiger partial charge in [-0.15, -0.1) is 0 Å². The van der Waals surface area contributed by atoms with Crippen LogP contribution in [-0.4, -0.2) is 59.7 Å². The highest BCUT2D eigenvalue weighted by molar-refractivity contribution is 6.01. The predicted molar refractivity (Wildman–Crippen MR) is 128 cm³/mol. The molecule has 1 aromatic rings. The van der Waals surface area contributed by atoms with Gasteiger partial charge >= 0.3 is 17.9 Å². The van der Waals surface area contributed by atoms with Crippen LogP contribution in [0.25, 0.3) is 0 Å². The van der Waals surface area contributed by atoms with Crippen molar-refractivity contribution in [2.45, 2.75) is 84.2 Å². The SMILES string of the molecule is CCCC[C@@H]1C(=O)O[C@H](C)[C@H](NC(=O)c2cccc(NC=O)c2O)C(=O)O[C@H](C)[C@H]1OC(=O)CCC. The lowest BCUT2D eigenvalue weighted by Crippen LogP contribution is -2.50. The number of cyclic esters (lactones) is 2. The lowest BCUT2D eigenvalue weighted by Gasteiger charge is -2.29. The maximum absolute atomic E-state index is 13.1. The second-order valence-corrected chi connectivity index (χ2v) is 8.65. The van der Waals surface area contributed by atoms with Crippen LogP contribution in [0.3, 0.4) is 0 Å². The summed E-state index contributed by atoms with van der Waals surface area (Å²) in [5.74, 6) is -4.30. The molecule has 0 spiro atoms. The van der Waals surface area contributed by atoms with E-state index in [1.54, 1.807) is 0 Å². The van der Waals surface area contributed by atoms with E-state index in [0.29, 0.717) is 25.7 Å². The summed E-state index contributed by atoms with van der Waals surface area (Å²) in [4.78, 5) is 62.1. The van der Waals surface area contributed by atoms with Gasteiger partial charge in [0.25, 0.3) is 5.91 Å². The number of aromatic hydroxyl groups is 1. The Morgan fingerprint density at radius 2 is 1.78 bits per heavy atom. The summed E-state index contributed by atoms with van der Waals surface area (Å²) in [6.45, 7) is 6.71. The lowest BCUT2D eigenvalue weighted by atomic mass is 9.92. The molecule has 0 aliphatic carbocycles. The summed E-state index contributed by atoms with van der Waals surface area (Å²) in [7, 11) is 0. The van der Waals surface area contributed by atoms with Crippen LogP contribution in [0.2, 0.25) is 0 Å². The molecule has 1 aromatic carbocycles. The van der Waals surface area contributed by atoms with Crippen molar-refractivity contribution in [1.82, 2.24) is 5.32 Å². The first-order valence-electron chi connectivity index (χ1n) is 12.1. The van der Waals surface area contributed by atoms with Gasteiger partial charge < -0.3 is 30.0 Å². The van der Waals surface area contributed by atoms with E-state index in [1.165, 1.54) is 32.0 Å². The van der Waals surface area contributed by atoms with E-state index in [-0.39, 0.29) is 17.7 Å². The molecule has 0 bridgehead atoms. The van der Waals surface area contributed by atoms with Crippen molar-refractivity contribution in [1.29, 1.82) is 0 Å². The number of carbonyl (C=O) groups is 5. The van der Waals surface area contributed by atoms with Gasteiger partial charge in [0.2, 0.25) is 6.41 Å². The van der Waals surface area contributed by atoms with Crippen molar-refractivity contribution in [2.24, 2.45) is 5.92 Å². The van der Waals surface area contributed by atoms with Crippen LogP contribution in [0.15, 0.2) is 18.2 Å². The fraction of sp³-hybridized carbons (Fsp3) is 0.560. The maximum Gasteiger partial charge on any atom is 0.332 e. The molecule has 1 saturated heterocycles. The Labute approximate surface area is 209 Å². The summed E-state index contributed by atoms with van der Waals surface area (Å²) in [6, 6.07) is 2.70. The molecule has 1 heterocycles. The number of para-hydroxylation sites is 1. The number of carbonyl (C=O) groups excluding carboxylic acids is 5. The number of rotatable bonds is 10. The molecule has 11 nitrogen and oxygen atoms in total. The van der Waals surface area contributed by atoms with Gasteiger partial charge in [0, 0.05) is 6.42 Å². The molecule has 0 aromatic heterocycles. The molecule has 2 rings (SSSR count). The van der Waals surface area contributed by atoms with E-state index in [0.717, 1.165) is 6.42 Å². The second-order valence-electron chi connectivity index (χ2n) is 8.65. The van der Waals surface area contributed by atoms with Crippen LogP contribution in [0.4, 0.5) is 5.69 Å². The van der Waals surface area contributed by atoms with Crippen LogP contribution >= 0.6 is 0 Å². The summed E-state index contributed by atoms with van der Waals surface area (Å²) < 4.78 is 16.7. The molecule has 0 radical (unpaired) electrons. The zero-order chi connectivity index (χ0) is 26.8. The first-order chi connectivity index (χ1) is 17.1. The average Bonchev–Trinajstić information content (AvgIpc) is 2.85. The largest absolute Gasteiger partial charge is 0.505 e. The van der Waals surface area contributed by atoms with Gasteiger partial charge in [0.1, 0.15) is 12.2 Å². The third-order valence-electron chi connectivity index (χ3n) is 5.86. The van der Waals surface area contributed by atoms with Crippen LogP contribution in [0.1, 0.15) is 70.2 Å². The standard InChI is InChI=1S/C25H34N2O9/c1-5-7-10-17-22(36-19(29)9-6-2)15(4)35-25(33)20(14(3)34-24(17)32)27-23(31)16-11-8-12-18(21(16)30)26-13-28/h8,11-15,17,20,22,30H,5-7,9-10H2,1-4H3,(H,26,28)(H,27,31)/t14-,15-,17+,20+,22-/m1/s1. The normalized spacial score (nSPS) is 24.3. The minimum Gasteiger partial charge on any atom is -0.505 e. The highest BCUT2D eigenvalue weighted by atomic mass is 16.6. The number of ether oxygens (including phenoxy) is 3. The summed E-state index contributed by atoms with van der Waals surface area (Å²) >= 11 is 0. The summed E-state index contributed by atoms with van der Waals surface area (Å²) in [6.07, 6.45) is -0.355. The van der Waals surface area contributed by atoms with E-state index in [1.807, 2.05) is 13.8 Å². The Kier molecular flexibility index (Phi) is 10.7. The molecule has 0 saturated carbocycles. The first-order valence-corrected chi connectivity index (χ1v) is 12.1. The molecule has 3 N–H and O–H groups in total. The Morgan fingerprint density at radius 1 is 1.08 bits per heavy atom. The molecule has 1 aliphatic heterocycles. The number of phenolic OH excluding ortho intramolecular Hbond substituents is 1. The van der Waals surface area contributed by atoms with Gasteiger partial charge in [-0.1, -0.05) is 32.8 Å². The third kappa shape index (κ3) is 7.19. The minimum atomic E-state index is -1.41. The maximum atomic E-state index is 13.1. The highest BCUT2D eigenvalue weighted by Crippen LogP contribution is 2.28. The topological polar surface area (TPSA) is 157 Å². The molecule has 36 heavy (non-hydrogen) atoms. The number of anilines is 1. The zero-order valence-corrected chi connectivity index (χ0v) is 20.9. The van der Waals surface area contributed by atoms with E-state index in [9.17, 15) is 29.1 Å². The molecule has 11 heteroatoms. The monoisotopic (exact) mass is 506 g/mol. The van der Waals surface area contributed by atoms with Gasteiger partial charge in [0.05, 0.1) is 17.2 Å². The van der Waals surface area contributed by atoms with Crippen molar-refractivity contribution in [3.63, 3.8) is 0 Å². The molecule has 1 fully saturated rings. The van der Waals surface area contributed by atoms with E-state index in [4.69, 9.17) is 14.2 Å². The number of hydrogen-bond acceptors (Lipinski definition) is 9. The number of benzene rings is 1. The quantitative estimate of drug-likeness (QED) is 0.188. The Balaban J connectivity index is 2.34. The minimum absolute atomic E-state index is 0.00158. The van der Waals surface area contributed by atoms with Gasteiger partial charge in [-0.2, -0.15) is 0 Å². The Hall–Kier alpha value is -3.63. The lowest BCUT2D eigenvalue weighted by molar-refractivity contribution is -0.175. The molecule has 2 amide bonds. The molecule has 5 atom stereocenters. The van der Waals surface area contributed by atoms with Crippen LogP contribution in [0.5, 0.6) is 5.75 Å². The van der Waals surface area contributed by atoms with Crippen molar-refractivity contribution < 1.29 is 43.3 Å². The number of phenols is 1. The summed E-state index contributed by atoms with van der Waals surface area (Å²) in [5.41, 5.74) is -0.216. The molecular formula is C25H34N2O9. The van der Waals surface area contributed by atoms with Crippen molar-refractivity contribution in [2.75, 3.05) is 5.32 Å². The van der Waals surface area contributed by atoms with E-state index >= 15 is 0 Å². The first kappa shape index (κ1) is 28.6. The van der Waals surface area contributed by atoms with Crippen LogP contribution < -0.4 is 10.6 Å². The van der Waals surface area contributed by atoms with Gasteiger partial charge in [-0.05, 0) is 38.8 Å². The second kappa shape index (κ2) is 13.5. The number of hydrogen-bond donors (Lipinski definition) is 3. The molecule has 0 unspecified atom stereocenters. The smallest absolute Gasteiger partial charge is 0.332 e. The number of nitrogens with one attached hydrogen (secondary N) is 2. The fourth-order valence-corrected chi connectivity index (χ4v) is 3.92.